The van der Waals surface area contributed by atoms with Crippen molar-refractivity contribution in [2.75, 3.05) is 15.4 Å². The van der Waals surface area contributed by atoms with Crippen LogP contribution in [0.4, 0.5) is 17.5 Å². The topological polar surface area (TPSA) is 114 Å². The van der Waals surface area contributed by atoms with Crippen molar-refractivity contribution in [3.8, 4) is 0 Å². The van der Waals surface area contributed by atoms with Gasteiger partial charge in [-0.25, -0.2) is 23.1 Å². The molecular weight excluding hydrogens is 482 g/mol. The second-order valence-electron chi connectivity index (χ2n) is 6.79. The third-order valence-corrected chi connectivity index (χ3v) is 6.18. The molecule has 2 aromatic carbocycles. The molecule has 2 heterocycles. The molecule has 0 aliphatic heterocycles. The van der Waals surface area contributed by atoms with Crippen LogP contribution in [-0.4, -0.2) is 33.3 Å². The smallest absolute Gasteiger partial charge is 0.264 e. The predicted molar refractivity (Wildman–Crippen MR) is 132 cm³/mol. The normalized spacial score (nSPS) is 11.1. The van der Waals surface area contributed by atoms with Crippen LogP contribution in [0.15, 0.2) is 84.1 Å². The van der Waals surface area contributed by atoms with Crippen LogP contribution >= 0.6 is 23.8 Å². The fourth-order valence-electron chi connectivity index (χ4n) is 2.85. The van der Waals surface area contributed by atoms with Gasteiger partial charge in [0.2, 0.25) is 5.95 Å². The lowest BCUT2D eigenvalue weighted by molar-refractivity contribution is 0.601. The lowest BCUT2D eigenvalue weighted by Crippen LogP contribution is -2.20. The molecule has 4 aromatic rings. The molecule has 4 rings (SSSR count). The summed E-state index contributed by atoms with van der Waals surface area (Å²) in [5.41, 5.74) is 1.68. The van der Waals surface area contributed by atoms with Crippen LogP contribution in [0, 0.1) is 0 Å². The first-order chi connectivity index (χ1) is 15.9. The van der Waals surface area contributed by atoms with Crippen LogP contribution in [0.25, 0.3) is 0 Å². The Morgan fingerprint density at radius 2 is 1.67 bits per heavy atom. The fourth-order valence-corrected chi connectivity index (χ4v) is 4.22. The van der Waals surface area contributed by atoms with Gasteiger partial charge in [-0.3, -0.25) is 4.68 Å². The number of rotatable bonds is 7. The highest BCUT2D eigenvalue weighted by atomic mass is 35.5. The van der Waals surface area contributed by atoms with Gasteiger partial charge in [0.25, 0.3) is 10.0 Å². The molecule has 3 N–H and O–H groups in total. The Morgan fingerprint density at radius 1 is 0.970 bits per heavy atom. The molecule has 0 bridgehead atoms. The number of anilines is 3. The van der Waals surface area contributed by atoms with Gasteiger partial charge < -0.3 is 10.6 Å². The summed E-state index contributed by atoms with van der Waals surface area (Å²) in [5, 5.41) is 11.0. The highest BCUT2D eigenvalue weighted by Crippen LogP contribution is 2.21. The predicted octanol–water partition coefficient (Wildman–Crippen LogP) is 3.98. The number of benzene rings is 2. The minimum Gasteiger partial charge on any atom is -0.332 e. The largest absolute Gasteiger partial charge is 0.332 e. The molecule has 0 aliphatic rings. The summed E-state index contributed by atoms with van der Waals surface area (Å²) in [4.78, 5) is 7.78. The summed E-state index contributed by atoms with van der Waals surface area (Å²) in [6.45, 7) is 0.570. The zero-order valence-corrected chi connectivity index (χ0v) is 19.4. The van der Waals surface area contributed by atoms with E-state index in [-0.39, 0.29) is 16.0 Å². The average molecular weight is 500 g/mol. The minimum atomic E-state index is -3.82. The molecule has 0 saturated heterocycles. The SMILES string of the molecule is O=S(=O)(Nc1ncccn1)c1ccc(NC(=S)Nc2nn(Cc3ccccc3)cc2Cl)cc1. The molecule has 0 amide bonds. The minimum absolute atomic E-state index is 0.00587. The molecule has 0 fully saturated rings. The van der Waals surface area contributed by atoms with Crippen LogP contribution in [-0.2, 0) is 16.6 Å². The van der Waals surface area contributed by atoms with Crippen molar-refractivity contribution in [3.63, 3.8) is 0 Å². The Hall–Kier alpha value is -3.54. The van der Waals surface area contributed by atoms with E-state index in [4.69, 9.17) is 23.8 Å². The van der Waals surface area contributed by atoms with Crippen molar-refractivity contribution in [3.05, 3.63) is 89.8 Å². The summed E-state index contributed by atoms with van der Waals surface area (Å²) in [5.74, 6) is 0.407. The average Bonchev–Trinajstić information content (AvgIpc) is 3.13. The van der Waals surface area contributed by atoms with E-state index in [0.29, 0.717) is 23.1 Å². The van der Waals surface area contributed by atoms with Gasteiger partial charge in [0.15, 0.2) is 10.9 Å². The number of thiocarbonyl (C=S) groups is 1. The van der Waals surface area contributed by atoms with E-state index in [9.17, 15) is 8.42 Å². The van der Waals surface area contributed by atoms with E-state index in [2.05, 4.69) is 30.4 Å². The van der Waals surface area contributed by atoms with E-state index in [1.165, 1.54) is 24.5 Å². The van der Waals surface area contributed by atoms with Crippen LogP contribution in [0.3, 0.4) is 0 Å². The second kappa shape index (κ2) is 9.94. The van der Waals surface area contributed by atoms with Crippen molar-refractivity contribution >= 4 is 56.4 Å². The molecule has 168 valence electrons. The highest BCUT2D eigenvalue weighted by molar-refractivity contribution is 7.92. The van der Waals surface area contributed by atoms with Gasteiger partial charge in [0.05, 0.1) is 11.4 Å². The number of sulfonamides is 1. The Bertz CT molecular complexity index is 1350. The molecule has 0 radical (unpaired) electrons. The van der Waals surface area contributed by atoms with E-state index >= 15 is 0 Å². The Balaban J connectivity index is 1.37. The summed E-state index contributed by atoms with van der Waals surface area (Å²) in [6, 6.07) is 17.5. The monoisotopic (exact) mass is 499 g/mol. The van der Waals surface area contributed by atoms with E-state index in [0.717, 1.165) is 5.56 Å². The van der Waals surface area contributed by atoms with Gasteiger partial charge in [-0.1, -0.05) is 41.9 Å². The van der Waals surface area contributed by atoms with Crippen LogP contribution in [0.5, 0.6) is 0 Å². The van der Waals surface area contributed by atoms with Gasteiger partial charge in [0, 0.05) is 24.3 Å². The molecule has 0 atom stereocenters. The lowest BCUT2D eigenvalue weighted by atomic mass is 10.2. The maximum atomic E-state index is 12.5. The van der Waals surface area contributed by atoms with Crippen molar-refractivity contribution in [2.24, 2.45) is 0 Å². The summed E-state index contributed by atoms with van der Waals surface area (Å²) in [7, 11) is -3.82. The van der Waals surface area contributed by atoms with Gasteiger partial charge >= 0.3 is 0 Å². The van der Waals surface area contributed by atoms with Crippen molar-refractivity contribution in [2.45, 2.75) is 11.4 Å². The van der Waals surface area contributed by atoms with Crippen LogP contribution in [0.2, 0.25) is 5.02 Å². The van der Waals surface area contributed by atoms with E-state index in [1.54, 1.807) is 29.1 Å². The zero-order chi connectivity index (χ0) is 23.3. The van der Waals surface area contributed by atoms with Crippen LogP contribution < -0.4 is 15.4 Å². The molecule has 33 heavy (non-hydrogen) atoms. The third kappa shape index (κ3) is 6.04. The Morgan fingerprint density at radius 3 is 2.36 bits per heavy atom. The van der Waals surface area contributed by atoms with Gasteiger partial charge in [-0.15, -0.1) is 0 Å². The highest BCUT2D eigenvalue weighted by Gasteiger charge is 2.15. The fraction of sp³-hybridized carbons (Fsp3) is 0.0476. The second-order valence-corrected chi connectivity index (χ2v) is 9.29. The number of hydrogen-bond acceptors (Lipinski definition) is 6. The first kappa shape index (κ1) is 22.6. The van der Waals surface area contributed by atoms with Gasteiger partial charge in [0.1, 0.15) is 5.02 Å². The van der Waals surface area contributed by atoms with Gasteiger partial charge in [-0.05, 0) is 48.1 Å². The number of nitrogens with zero attached hydrogens (tertiary/aromatic N) is 4. The molecule has 0 unspecified atom stereocenters. The van der Waals surface area contributed by atoms with Crippen molar-refractivity contribution in [1.82, 2.24) is 19.7 Å². The Kier molecular flexibility index (Phi) is 6.82. The summed E-state index contributed by atoms with van der Waals surface area (Å²) >= 11 is 11.6. The molecule has 0 saturated carbocycles. The first-order valence-corrected chi connectivity index (χ1v) is 11.9. The summed E-state index contributed by atoms with van der Waals surface area (Å²) in [6.07, 6.45) is 4.61. The quantitative estimate of drug-likeness (QED) is 0.327. The maximum absolute atomic E-state index is 12.5. The Labute approximate surface area is 200 Å². The van der Waals surface area contributed by atoms with E-state index < -0.39 is 10.0 Å². The zero-order valence-electron chi connectivity index (χ0n) is 17.0. The number of hydrogen-bond donors (Lipinski definition) is 3. The lowest BCUT2D eigenvalue weighted by Gasteiger charge is -2.10. The van der Waals surface area contributed by atoms with E-state index in [1.807, 2.05) is 30.3 Å². The molecule has 0 aliphatic carbocycles. The molecule has 9 nitrogen and oxygen atoms in total. The maximum Gasteiger partial charge on any atom is 0.264 e. The van der Waals surface area contributed by atoms with Crippen LogP contribution in [0.1, 0.15) is 5.56 Å². The van der Waals surface area contributed by atoms with Gasteiger partial charge in [-0.2, -0.15) is 5.10 Å². The molecule has 2 aromatic heterocycles. The van der Waals surface area contributed by atoms with Crippen molar-refractivity contribution < 1.29 is 8.42 Å². The number of aromatic nitrogens is 4. The standard InChI is InChI=1S/C21H18ClN7O2S2/c22-18-14-29(13-15-5-2-1-3-6-15)27-19(18)26-21(32)25-16-7-9-17(10-8-16)33(30,31)28-20-23-11-4-12-24-20/h1-12,14H,13H2,(H,23,24,28)(H2,25,26,27,32). The number of halogens is 1. The summed E-state index contributed by atoms with van der Waals surface area (Å²) < 4.78 is 29.0. The molecule has 12 heteroatoms. The first-order valence-electron chi connectivity index (χ1n) is 9.64. The van der Waals surface area contributed by atoms with Crippen molar-refractivity contribution in [1.29, 1.82) is 0 Å². The number of nitrogens with one attached hydrogen (secondary N) is 3. The third-order valence-electron chi connectivity index (χ3n) is 4.35. The molecular formula is C21H18ClN7O2S2. The molecule has 0 spiro atoms.